The van der Waals surface area contributed by atoms with Crippen molar-refractivity contribution in [1.29, 1.82) is 0 Å². The zero-order chi connectivity index (χ0) is 3.41. The molecule has 0 saturated carbocycles. The smallest absolute Gasteiger partial charge is 0.107 e. The van der Waals surface area contributed by atoms with E-state index in [0.717, 1.165) is 0 Å². The third-order valence-corrected chi connectivity index (χ3v) is 0.112. The van der Waals surface area contributed by atoms with Crippen LogP contribution in [0.3, 0.4) is 0 Å². The lowest BCUT2D eigenvalue weighted by Crippen LogP contribution is -1.38. The van der Waals surface area contributed by atoms with E-state index >= 15 is 0 Å². The van der Waals surface area contributed by atoms with E-state index in [0.29, 0.717) is 0 Å². The van der Waals surface area contributed by atoms with Crippen LogP contribution in [0.5, 0.6) is 0 Å². The van der Waals surface area contributed by atoms with Gasteiger partial charge in [0.25, 0.3) is 0 Å². The van der Waals surface area contributed by atoms with E-state index in [1.165, 1.54) is 0 Å². The van der Waals surface area contributed by atoms with Crippen LogP contribution >= 0.6 is 0 Å². The Kier molecular flexibility index (Phi) is 18.1. The third kappa shape index (κ3) is 56.5. The van der Waals surface area contributed by atoms with Crippen molar-refractivity contribution in [2.24, 2.45) is 0 Å². The summed E-state index contributed by atoms with van der Waals surface area (Å²) in [5.74, 6) is 2.24. The lowest BCUT2D eigenvalue weighted by molar-refractivity contribution is 0.517. The summed E-state index contributed by atoms with van der Waals surface area (Å²) in [5, 5.41) is 7.51. The SMILES string of the molecule is CC#CO.O. The Morgan fingerprint density at radius 1 is 1.60 bits per heavy atom. The van der Waals surface area contributed by atoms with Gasteiger partial charge in [0.2, 0.25) is 0 Å². The molecule has 2 nitrogen and oxygen atoms in total. The predicted octanol–water partition coefficient (Wildman–Crippen LogP) is -0.485. The molecule has 0 heterocycles. The first-order valence-corrected chi connectivity index (χ1v) is 0.974. The van der Waals surface area contributed by atoms with Crippen LogP contribution in [0.2, 0.25) is 0 Å². The fourth-order valence-electron chi connectivity index (χ4n) is 0. The normalized spacial score (nSPS) is 2.60. The summed E-state index contributed by atoms with van der Waals surface area (Å²) in [6.07, 6.45) is 1.68. The van der Waals surface area contributed by atoms with Gasteiger partial charge in [0.1, 0.15) is 6.11 Å². The number of rotatable bonds is 0. The van der Waals surface area contributed by atoms with Crippen LogP contribution in [0, 0.1) is 12.0 Å². The van der Waals surface area contributed by atoms with Crippen molar-refractivity contribution in [3.05, 3.63) is 0 Å². The average Bonchev–Trinajstić information content (AvgIpc) is 1.37. The molecule has 0 aliphatic carbocycles. The molecule has 5 heavy (non-hydrogen) atoms. The lowest BCUT2D eigenvalue weighted by Gasteiger charge is -1.43. The van der Waals surface area contributed by atoms with Gasteiger partial charge in [-0.2, -0.15) is 0 Å². The summed E-state index contributed by atoms with van der Waals surface area (Å²) in [6, 6.07) is 0. The topological polar surface area (TPSA) is 51.7 Å². The molecule has 30 valence electrons. The molecule has 0 saturated heterocycles. The van der Waals surface area contributed by atoms with Crippen molar-refractivity contribution < 1.29 is 10.6 Å². The molecule has 0 bridgehead atoms. The number of aliphatic hydroxyl groups excluding tert-OH is 1. The Morgan fingerprint density at radius 2 is 1.80 bits per heavy atom. The summed E-state index contributed by atoms with van der Waals surface area (Å²) in [6.45, 7) is 1.57. The second-order valence-electron chi connectivity index (χ2n) is 0.362. The molecular formula is C3H6O2. The predicted molar refractivity (Wildman–Crippen MR) is 19.0 cm³/mol. The van der Waals surface area contributed by atoms with E-state index in [1.54, 1.807) is 13.0 Å². The Hall–Kier alpha value is -0.680. The van der Waals surface area contributed by atoms with Crippen molar-refractivity contribution in [3.8, 4) is 12.0 Å². The summed E-state index contributed by atoms with van der Waals surface area (Å²) in [7, 11) is 0. The fourth-order valence-corrected chi connectivity index (χ4v) is 0. The molecule has 0 aromatic rings. The second-order valence-corrected chi connectivity index (χ2v) is 0.362. The molecule has 0 spiro atoms. The molecule has 0 aromatic heterocycles. The molecule has 0 aromatic carbocycles. The van der Waals surface area contributed by atoms with Crippen LogP contribution < -0.4 is 0 Å². The Balaban J connectivity index is 0. The van der Waals surface area contributed by atoms with Gasteiger partial charge in [-0.15, -0.1) is 0 Å². The van der Waals surface area contributed by atoms with E-state index in [9.17, 15) is 0 Å². The molecule has 0 aliphatic rings. The molecule has 0 unspecified atom stereocenters. The summed E-state index contributed by atoms with van der Waals surface area (Å²) >= 11 is 0. The number of hydrogen-bond acceptors (Lipinski definition) is 1. The maximum absolute atomic E-state index is 7.51. The van der Waals surface area contributed by atoms with E-state index in [2.05, 4.69) is 5.92 Å². The minimum absolute atomic E-state index is 0. The van der Waals surface area contributed by atoms with Gasteiger partial charge in [-0.25, -0.2) is 0 Å². The maximum atomic E-state index is 7.51. The van der Waals surface area contributed by atoms with Crippen LogP contribution in [0.4, 0.5) is 0 Å². The highest BCUT2D eigenvalue weighted by Crippen LogP contribution is 1.33. The Labute approximate surface area is 30.7 Å². The molecule has 0 amide bonds. The Morgan fingerprint density at radius 3 is 1.80 bits per heavy atom. The van der Waals surface area contributed by atoms with Gasteiger partial charge in [0.15, 0.2) is 0 Å². The fraction of sp³-hybridized carbons (Fsp3) is 0.333. The van der Waals surface area contributed by atoms with Crippen LogP contribution in [-0.2, 0) is 0 Å². The van der Waals surface area contributed by atoms with Crippen molar-refractivity contribution in [2.45, 2.75) is 6.92 Å². The van der Waals surface area contributed by atoms with Gasteiger partial charge in [-0.05, 0) is 0 Å². The highest BCUT2D eigenvalue weighted by molar-refractivity contribution is 4.81. The summed E-state index contributed by atoms with van der Waals surface area (Å²) < 4.78 is 0. The van der Waals surface area contributed by atoms with Gasteiger partial charge < -0.3 is 10.6 Å². The summed E-state index contributed by atoms with van der Waals surface area (Å²) in [4.78, 5) is 0. The highest BCUT2D eigenvalue weighted by atomic mass is 16.2. The first kappa shape index (κ1) is 8.85. The average molecular weight is 74.1 g/mol. The van der Waals surface area contributed by atoms with Gasteiger partial charge in [-0.3, -0.25) is 0 Å². The molecule has 2 heteroatoms. The van der Waals surface area contributed by atoms with Crippen LogP contribution in [0.1, 0.15) is 6.92 Å². The first-order valence-electron chi connectivity index (χ1n) is 0.974. The molecule has 3 N–H and O–H groups in total. The quantitative estimate of drug-likeness (QED) is 0.387. The van der Waals surface area contributed by atoms with Crippen molar-refractivity contribution in [2.75, 3.05) is 0 Å². The van der Waals surface area contributed by atoms with E-state index in [1.807, 2.05) is 0 Å². The zero-order valence-electron chi connectivity index (χ0n) is 2.95. The van der Waals surface area contributed by atoms with E-state index < -0.39 is 0 Å². The highest BCUT2D eigenvalue weighted by Gasteiger charge is 1.28. The lowest BCUT2D eigenvalue weighted by atomic mass is 10.8. The molecule has 0 rings (SSSR count). The van der Waals surface area contributed by atoms with Crippen molar-refractivity contribution >= 4 is 0 Å². The Bertz CT molecular complexity index is 41.6. The van der Waals surface area contributed by atoms with Gasteiger partial charge >= 0.3 is 0 Å². The molecule has 0 aliphatic heterocycles. The maximum Gasteiger partial charge on any atom is 0.107 e. The molecule has 0 fully saturated rings. The van der Waals surface area contributed by atoms with E-state index in [-0.39, 0.29) is 5.48 Å². The minimum atomic E-state index is 0. The van der Waals surface area contributed by atoms with Crippen molar-refractivity contribution in [3.63, 3.8) is 0 Å². The van der Waals surface area contributed by atoms with E-state index in [4.69, 9.17) is 5.11 Å². The minimum Gasteiger partial charge on any atom is -0.462 e. The second kappa shape index (κ2) is 10.3. The van der Waals surface area contributed by atoms with Gasteiger partial charge in [-0.1, -0.05) is 5.92 Å². The van der Waals surface area contributed by atoms with Crippen LogP contribution in [-0.4, -0.2) is 10.6 Å². The van der Waals surface area contributed by atoms with Gasteiger partial charge in [0, 0.05) is 6.92 Å². The monoisotopic (exact) mass is 74.0 g/mol. The van der Waals surface area contributed by atoms with Gasteiger partial charge in [0.05, 0.1) is 0 Å². The molecule has 0 atom stereocenters. The molecular weight excluding hydrogens is 68.0 g/mol. The first-order chi connectivity index (χ1) is 1.91. The zero-order valence-corrected chi connectivity index (χ0v) is 2.95. The largest absolute Gasteiger partial charge is 0.462 e. The van der Waals surface area contributed by atoms with Crippen molar-refractivity contribution in [1.82, 2.24) is 0 Å². The van der Waals surface area contributed by atoms with Crippen LogP contribution in [0.15, 0.2) is 0 Å². The molecule has 0 radical (unpaired) electrons. The standard InChI is InChI=1S/C3H4O.H2O/c1-2-3-4;/h4H,1H3;1H2. The third-order valence-electron chi connectivity index (χ3n) is 0.112. The summed E-state index contributed by atoms with van der Waals surface area (Å²) in [5.41, 5.74) is 0. The number of hydrogen-bond donors (Lipinski definition) is 1. The van der Waals surface area contributed by atoms with Crippen LogP contribution in [0.25, 0.3) is 0 Å². The number of aliphatic hydroxyl groups is 1.